The summed E-state index contributed by atoms with van der Waals surface area (Å²) in [7, 11) is 2.13. The van der Waals surface area contributed by atoms with Crippen LogP contribution in [0, 0.1) is 6.92 Å². The van der Waals surface area contributed by atoms with Gasteiger partial charge in [0.05, 0.1) is 0 Å². The Balaban J connectivity index is 2.58. The molecule has 0 amide bonds. The monoisotopic (exact) mass is 220 g/mol. The standard InChI is InChI=1S/C14H24N2/c1-5-14(3,15)11-16(4)10-13-9-7-6-8-12(13)2/h6-9H,5,10-11,15H2,1-4H3. The molecule has 1 aromatic rings. The van der Waals surface area contributed by atoms with Gasteiger partial charge in [0.1, 0.15) is 0 Å². The molecule has 2 heteroatoms. The molecule has 0 aliphatic carbocycles. The van der Waals surface area contributed by atoms with Crippen molar-refractivity contribution in [3.05, 3.63) is 35.4 Å². The zero-order valence-electron chi connectivity index (χ0n) is 11.0. The molecule has 0 aliphatic rings. The topological polar surface area (TPSA) is 29.3 Å². The number of aryl methyl sites for hydroxylation is 1. The smallest absolute Gasteiger partial charge is 0.0252 e. The summed E-state index contributed by atoms with van der Waals surface area (Å²) in [6.45, 7) is 8.31. The fraction of sp³-hybridized carbons (Fsp3) is 0.571. The van der Waals surface area contributed by atoms with E-state index in [0.29, 0.717) is 0 Å². The molecule has 1 aromatic carbocycles. The van der Waals surface area contributed by atoms with Gasteiger partial charge in [-0.3, -0.25) is 0 Å². The zero-order valence-corrected chi connectivity index (χ0v) is 11.0. The Morgan fingerprint density at radius 3 is 2.50 bits per heavy atom. The molecular formula is C14H24N2. The highest BCUT2D eigenvalue weighted by atomic mass is 15.1. The second kappa shape index (κ2) is 5.46. The largest absolute Gasteiger partial charge is 0.324 e. The van der Waals surface area contributed by atoms with Gasteiger partial charge in [-0.25, -0.2) is 0 Å². The molecule has 0 spiro atoms. The van der Waals surface area contributed by atoms with Crippen LogP contribution in [0.4, 0.5) is 0 Å². The maximum absolute atomic E-state index is 6.17. The first-order chi connectivity index (χ1) is 7.44. The van der Waals surface area contributed by atoms with E-state index in [2.05, 4.69) is 57.0 Å². The quantitative estimate of drug-likeness (QED) is 0.826. The van der Waals surface area contributed by atoms with Crippen molar-refractivity contribution in [3.8, 4) is 0 Å². The molecule has 16 heavy (non-hydrogen) atoms. The molecule has 0 saturated heterocycles. The summed E-state index contributed by atoms with van der Waals surface area (Å²) in [6, 6.07) is 8.52. The highest BCUT2D eigenvalue weighted by Crippen LogP contribution is 2.12. The average Bonchev–Trinajstić information content (AvgIpc) is 2.21. The number of likely N-dealkylation sites (N-methyl/N-ethyl adjacent to an activating group) is 1. The van der Waals surface area contributed by atoms with Crippen molar-refractivity contribution < 1.29 is 0 Å². The minimum Gasteiger partial charge on any atom is -0.324 e. The van der Waals surface area contributed by atoms with Gasteiger partial charge in [-0.2, -0.15) is 0 Å². The SMILES string of the molecule is CCC(C)(N)CN(C)Cc1ccccc1C. The van der Waals surface area contributed by atoms with Gasteiger partial charge in [0.2, 0.25) is 0 Å². The summed E-state index contributed by atoms with van der Waals surface area (Å²) >= 11 is 0. The molecular weight excluding hydrogens is 196 g/mol. The van der Waals surface area contributed by atoms with Crippen molar-refractivity contribution in [3.63, 3.8) is 0 Å². The van der Waals surface area contributed by atoms with E-state index in [1.807, 2.05) is 0 Å². The van der Waals surface area contributed by atoms with Crippen molar-refractivity contribution in [2.24, 2.45) is 5.73 Å². The maximum Gasteiger partial charge on any atom is 0.0252 e. The van der Waals surface area contributed by atoms with Crippen LogP contribution in [0.5, 0.6) is 0 Å². The summed E-state index contributed by atoms with van der Waals surface area (Å²) in [5.41, 5.74) is 8.82. The molecule has 1 unspecified atom stereocenters. The molecule has 1 atom stereocenters. The van der Waals surface area contributed by atoms with Gasteiger partial charge in [-0.15, -0.1) is 0 Å². The van der Waals surface area contributed by atoms with Crippen molar-refractivity contribution in [1.29, 1.82) is 0 Å². The Hall–Kier alpha value is -0.860. The average molecular weight is 220 g/mol. The summed E-state index contributed by atoms with van der Waals surface area (Å²) < 4.78 is 0. The molecule has 0 aliphatic heterocycles. The normalized spacial score (nSPS) is 15.1. The van der Waals surface area contributed by atoms with Crippen LogP contribution in [0.1, 0.15) is 31.4 Å². The van der Waals surface area contributed by atoms with Gasteiger partial charge in [0.15, 0.2) is 0 Å². The van der Waals surface area contributed by atoms with E-state index in [4.69, 9.17) is 5.73 Å². The summed E-state index contributed by atoms with van der Waals surface area (Å²) in [4.78, 5) is 2.30. The third-order valence-electron chi connectivity index (χ3n) is 3.14. The minimum atomic E-state index is -0.0859. The van der Waals surface area contributed by atoms with Crippen molar-refractivity contribution in [1.82, 2.24) is 4.90 Å². The van der Waals surface area contributed by atoms with Gasteiger partial charge < -0.3 is 10.6 Å². The molecule has 90 valence electrons. The first kappa shape index (κ1) is 13.2. The molecule has 0 bridgehead atoms. The van der Waals surface area contributed by atoms with E-state index in [1.165, 1.54) is 11.1 Å². The van der Waals surface area contributed by atoms with Crippen LogP contribution in [0.25, 0.3) is 0 Å². The fourth-order valence-corrected chi connectivity index (χ4v) is 1.86. The summed E-state index contributed by atoms with van der Waals surface area (Å²) in [6.07, 6.45) is 1.01. The van der Waals surface area contributed by atoms with Crippen LogP contribution >= 0.6 is 0 Å². The Morgan fingerprint density at radius 1 is 1.31 bits per heavy atom. The summed E-state index contributed by atoms with van der Waals surface area (Å²) in [5, 5.41) is 0. The summed E-state index contributed by atoms with van der Waals surface area (Å²) in [5.74, 6) is 0. The molecule has 0 aromatic heterocycles. The molecule has 2 N–H and O–H groups in total. The Bertz CT molecular complexity index is 331. The molecule has 0 saturated carbocycles. The molecule has 2 nitrogen and oxygen atoms in total. The third kappa shape index (κ3) is 3.95. The number of hydrogen-bond donors (Lipinski definition) is 1. The predicted molar refractivity (Wildman–Crippen MR) is 70.4 cm³/mol. The van der Waals surface area contributed by atoms with Crippen LogP contribution < -0.4 is 5.73 Å². The Kier molecular flexibility index (Phi) is 4.51. The van der Waals surface area contributed by atoms with Crippen molar-refractivity contribution in [2.75, 3.05) is 13.6 Å². The van der Waals surface area contributed by atoms with Crippen LogP contribution in [0.15, 0.2) is 24.3 Å². The van der Waals surface area contributed by atoms with E-state index in [0.717, 1.165) is 19.5 Å². The lowest BCUT2D eigenvalue weighted by atomic mass is 9.99. The maximum atomic E-state index is 6.17. The number of nitrogens with zero attached hydrogens (tertiary/aromatic N) is 1. The molecule has 0 heterocycles. The van der Waals surface area contributed by atoms with Gasteiger partial charge >= 0.3 is 0 Å². The predicted octanol–water partition coefficient (Wildman–Crippen LogP) is 2.55. The van der Waals surface area contributed by atoms with Crippen LogP contribution in [0.2, 0.25) is 0 Å². The van der Waals surface area contributed by atoms with Crippen molar-refractivity contribution in [2.45, 2.75) is 39.3 Å². The third-order valence-corrected chi connectivity index (χ3v) is 3.14. The van der Waals surface area contributed by atoms with Crippen LogP contribution in [-0.2, 0) is 6.54 Å². The first-order valence-electron chi connectivity index (χ1n) is 5.96. The van der Waals surface area contributed by atoms with E-state index >= 15 is 0 Å². The van der Waals surface area contributed by atoms with Crippen LogP contribution in [-0.4, -0.2) is 24.0 Å². The van der Waals surface area contributed by atoms with E-state index in [-0.39, 0.29) is 5.54 Å². The minimum absolute atomic E-state index is 0.0859. The lowest BCUT2D eigenvalue weighted by Crippen LogP contribution is -2.45. The lowest BCUT2D eigenvalue weighted by Gasteiger charge is -2.29. The molecule has 1 rings (SSSR count). The molecule has 0 fully saturated rings. The van der Waals surface area contributed by atoms with Crippen molar-refractivity contribution >= 4 is 0 Å². The van der Waals surface area contributed by atoms with Crippen LogP contribution in [0.3, 0.4) is 0 Å². The molecule has 0 radical (unpaired) electrons. The lowest BCUT2D eigenvalue weighted by molar-refractivity contribution is 0.246. The van der Waals surface area contributed by atoms with Gasteiger partial charge in [-0.1, -0.05) is 31.2 Å². The first-order valence-corrected chi connectivity index (χ1v) is 5.96. The number of benzene rings is 1. The second-order valence-electron chi connectivity index (χ2n) is 5.11. The Morgan fingerprint density at radius 2 is 1.94 bits per heavy atom. The highest BCUT2D eigenvalue weighted by molar-refractivity contribution is 5.25. The number of hydrogen-bond acceptors (Lipinski definition) is 2. The highest BCUT2D eigenvalue weighted by Gasteiger charge is 2.18. The van der Waals surface area contributed by atoms with E-state index in [9.17, 15) is 0 Å². The van der Waals surface area contributed by atoms with E-state index in [1.54, 1.807) is 0 Å². The number of rotatable bonds is 5. The van der Waals surface area contributed by atoms with E-state index < -0.39 is 0 Å². The zero-order chi connectivity index (χ0) is 12.2. The van der Waals surface area contributed by atoms with Gasteiger partial charge in [0, 0.05) is 18.6 Å². The van der Waals surface area contributed by atoms with Gasteiger partial charge in [-0.05, 0) is 38.4 Å². The fourth-order valence-electron chi connectivity index (χ4n) is 1.86. The van der Waals surface area contributed by atoms with Gasteiger partial charge in [0.25, 0.3) is 0 Å². The Labute approximate surface area is 99.5 Å². The second-order valence-corrected chi connectivity index (χ2v) is 5.11. The number of nitrogens with two attached hydrogens (primary N) is 1.